The fourth-order valence-electron chi connectivity index (χ4n) is 6.74. The highest BCUT2D eigenvalue weighted by molar-refractivity contribution is 5.94. The minimum Gasteiger partial charge on any atom is -0.454 e. The monoisotopic (exact) mass is 446 g/mol. The lowest BCUT2D eigenvalue weighted by Crippen LogP contribution is -2.47. The van der Waals surface area contributed by atoms with Crippen molar-refractivity contribution in [3.63, 3.8) is 0 Å². The van der Waals surface area contributed by atoms with E-state index in [2.05, 4.69) is 12.0 Å². The van der Waals surface area contributed by atoms with Gasteiger partial charge in [-0.15, -0.1) is 0 Å². The van der Waals surface area contributed by atoms with Crippen LogP contribution in [-0.4, -0.2) is 27.5 Å². The normalized spacial score (nSPS) is 30.0. The largest absolute Gasteiger partial charge is 0.454 e. The van der Waals surface area contributed by atoms with E-state index in [1.807, 2.05) is 35.1 Å². The number of aliphatic hydroxyl groups excluding tert-OH is 1. The van der Waals surface area contributed by atoms with Crippen LogP contribution in [0, 0.1) is 22.6 Å². The molecule has 1 fully saturated rings. The Bertz CT molecular complexity index is 1240. The minimum absolute atomic E-state index is 0.0671. The molecule has 1 aliphatic heterocycles. The first-order valence-corrected chi connectivity index (χ1v) is 11.7. The molecular formula is C27H27FN2O3. The number of nitrogens with zero attached hydrogens (tertiary/aromatic N) is 2. The van der Waals surface area contributed by atoms with Crippen molar-refractivity contribution < 1.29 is 19.0 Å². The van der Waals surface area contributed by atoms with Crippen molar-refractivity contribution in [1.82, 2.24) is 9.78 Å². The molecule has 1 aromatic heterocycles. The van der Waals surface area contributed by atoms with Gasteiger partial charge in [0.1, 0.15) is 11.9 Å². The number of aliphatic hydroxyl groups is 1. The first-order valence-electron chi connectivity index (χ1n) is 11.7. The van der Waals surface area contributed by atoms with E-state index >= 15 is 0 Å². The van der Waals surface area contributed by atoms with Crippen molar-refractivity contribution in [1.29, 1.82) is 0 Å². The third kappa shape index (κ3) is 2.93. The molecule has 170 valence electrons. The maximum atomic E-state index is 13.4. The molecule has 2 heterocycles. The molecule has 1 saturated carbocycles. The number of cyclic esters (lactones) is 1. The number of hydrogen-bond donors (Lipinski definition) is 1. The number of benzene rings is 2. The van der Waals surface area contributed by atoms with E-state index in [0.717, 1.165) is 36.9 Å². The molecule has 0 amide bonds. The summed E-state index contributed by atoms with van der Waals surface area (Å²) >= 11 is 0. The van der Waals surface area contributed by atoms with Crippen LogP contribution in [0.3, 0.4) is 0 Å². The molecule has 0 bridgehead atoms. The Morgan fingerprint density at radius 3 is 2.79 bits per heavy atom. The second-order valence-electron chi connectivity index (χ2n) is 10.2. The Labute approximate surface area is 192 Å². The predicted octanol–water partition coefficient (Wildman–Crippen LogP) is 4.81. The number of carbonyl (C=O) groups excluding carboxylic acids is 1. The Kier molecular flexibility index (Phi) is 4.53. The van der Waals surface area contributed by atoms with Gasteiger partial charge < -0.3 is 9.84 Å². The molecule has 0 spiro atoms. The van der Waals surface area contributed by atoms with E-state index in [0.29, 0.717) is 17.9 Å². The zero-order chi connectivity index (χ0) is 22.8. The zero-order valence-electron chi connectivity index (χ0n) is 18.6. The molecule has 1 N–H and O–H groups in total. The number of esters is 1. The third-order valence-corrected chi connectivity index (χ3v) is 8.76. The van der Waals surface area contributed by atoms with Gasteiger partial charge in [0, 0.05) is 23.3 Å². The molecule has 2 aliphatic carbocycles. The maximum absolute atomic E-state index is 13.4. The summed E-state index contributed by atoms with van der Waals surface area (Å²) in [5.74, 6) is -0.139. The van der Waals surface area contributed by atoms with E-state index in [9.17, 15) is 14.3 Å². The second kappa shape index (κ2) is 7.26. The summed E-state index contributed by atoms with van der Waals surface area (Å²) in [5, 5.41) is 15.4. The van der Waals surface area contributed by atoms with Crippen molar-refractivity contribution in [2.45, 2.75) is 45.1 Å². The van der Waals surface area contributed by atoms with E-state index in [4.69, 9.17) is 4.74 Å². The van der Waals surface area contributed by atoms with Crippen LogP contribution in [0.2, 0.25) is 0 Å². The lowest BCUT2D eigenvalue weighted by atomic mass is 9.56. The molecule has 4 unspecified atom stereocenters. The highest BCUT2D eigenvalue weighted by Gasteiger charge is 2.59. The summed E-state index contributed by atoms with van der Waals surface area (Å²) in [5.41, 5.74) is 4.33. The van der Waals surface area contributed by atoms with Gasteiger partial charge in [0.15, 0.2) is 0 Å². The number of carbonyl (C=O) groups is 1. The van der Waals surface area contributed by atoms with Gasteiger partial charge in [0.25, 0.3) is 0 Å². The molecular weight excluding hydrogens is 419 g/mol. The Balaban J connectivity index is 1.34. The summed E-state index contributed by atoms with van der Waals surface area (Å²) in [6, 6.07) is 14.0. The van der Waals surface area contributed by atoms with Crippen molar-refractivity contribution in [3.8, 4) is 5.69 Å². The van der Waals surface area contributed by atoms with Crippen molar-refractivity contribution in [2.75, 3.05) is 6.61 Å². The summed E-state index contributed by atoms with van der Waals surface area (Å²) in [6.45, 7) is 2.36. The summed E-state index contributed by atoms with van der Waals surface area (Å²) in [4.78, 5) is 12.4. The van der Waals surface area contributed by atoms with Crippen molar-refractivity contribution in [2.24, 2.45) is 16.7 Å². The van der Waals surface area contributed by atoms with Crippen LogP contribution in [0.15, 0.2) is 54.7 Å². The molecule has 0 radical (unpaired) electrons. The van der Waals surface area contributed by atoms with Crippen LogP contribution >= 0.6 is 0 Å². The van der Waals surface area contributed by atoms with Gasteiger partial charge in [0.05, 0.1) is 17.4 Å². The van der Waals surface area contributed by atoms with Gasteiger partial charge >= 0.3 is 5.97 Å². The Morgan fingerprint density at radius 2 is 2.00 bits per heavy atom. The van der Waals surface area contributed by atoms with Crippen LogP contribution in [0.1, 0.15) is 59.5 Å². The van der Waals surface area contributed by atoms with E-state index in [1.165, 1.54) is 23.4 Å². The van der Waals surface area contributed by atoms with Gasteiger partial charge in [-0.3, -0.25) is 0 Å². The second-order valence-corrected chi connectivity index (χ2v) is 10.2. The quantitative estimate of drug-likeness (QED) is 0.585. The highest BCUT2D eigenvalue weighted by atomic mass is 19.1. The van der Waals surface area contributed by atoms with Crippen LogP contribution in [-0.2, 0) is 17.6 Å². The fourth-order valence-corrected chi connectivity index (χ4v) is 6.74. The van der Waals surface area contributed by atoms with Crippen LogP contribution in [0.4, 0.5) is 4.39 Å². The highest BCUT2D eigenvalue weighted by Crippen LogP contribution is 2.64. The maximum Gasteiger partial charge on any atom is 0.339 e. The van der Waals surface area contributed by atoms with E-state index in [-0.39, 0.29) is 35.3 Å². The predicted molar refractivity (Wildman–Crippen MR) is 120 cm³/mol. The van der Waals surface area contributed by atoms with Gasteiger partial charge in [-0.05, 0) is 79.3 Å². The van der Waals surface area contributed by atoms with Gasteiger partial charge in [-0.2, -0.15) is 5.10 Å². The molecule has 3 aliphatic rings. The fraction of sp³-hybridized carbons (Fsp3) is 0.407. The molecule has 3 aromatic rings. The van der Waals surface area contributed by atoms with Crippen molar-refractivity contribution in [3.05, 3.63) is 82.9 Å². The number of ether oxygens (including phenoxy) is 1. The molecule has 6 heteroatoms. The molecule has 4 atom stereocenters. The number of fused-ring (bicyclic) bond motifs is 3. The number of hydrogen-bond acceptors (Lipinski definition) is 4. The lowest BCUT2D eigenvalue weighted by molar-refractivity contribution is -0.0491. The van der Waals surface area contributed by atoms with Gasteiger partial charge in [0.2, 0.25) is 0 Å². The Morgan fingerprint density at radius 1 is 1.21 bits per heavy atom. The lowest BCUT2D eigenvalue weighted by Gasteiger charge is -2.49. The minimum atomic E-state index is -0.338. The summed E-state index contributed by atoms with van der Waals surface area (Å²) < 4.78 is 21.1. The number of aromatic nitrogens is 2. The average Bonchev–Trinajstić information content (AvgIpc) is 3.45. The number of halogens is 1. The summed E-state index contributed by atoms with van der Waals surface area (Å²) in [7, 11) is 0. The van der Waals surface area contributed by atoms with Crippen LogP contribution in [0.5, 0.6) is 0 Å². The molecule has 2 aromatic carbocycles. The molecule has 0 saturated heterocycles. The van der Waals surface area contributed by atoms with Crippen LogP contribution < -0.4 is 0 Å². The third-order valence-electron chi connectivity index (χ3n) is 8.76. The summed E-state index contributed by atoms with van der Waals surface area (Å²) in [6.07, 6.45) is 5.82. The van der Waals surface area contributed by atoms with E-state index in [1.54, 1.807) is 12.1 Å². The SMILES string of the molecule is CC12Cc3cnn(-c4ccc(F)cc4)c3CC1CCC2(CO)CC1OC(=O)c2ccccc21. The topological polar surface area (TPSA) is 64.3 Å². The molecule has 33 heavy (non-hydrogen) atoms. The van der Waals surface area contributed by atoms with Gasteiger partial charge in [-0.1, -0.05) is 25.1 Å². The Hall–Kier alpha value is -2.99. The van der Waals surface area contributed by atoms with Gasteiger partial charge in [-0.25, -0.2) is 13.9 Å². The standard InChI is InChI=1S/C27H27FN2O3/c1-26-13-17-15-29-30(20-8-6-19(28)7-9-20)23(17)12-18(26)10-11-27(26,16-31)14-24-21-4-2-3-5-22(21)25(32)33-24/h2-9,15,18,24,31H,10-14,16H2,1H3. The average molecular weight is 447 g/mol. The van der Waals surface area contributed by atoms with Crippen molar-refractivity contribution >= 4 is 5.97 Å². The molecule has 6 rings (SSSR count). The smallest absolute Gasteiger partial charge is 0.339 e. The van der Waals surface area contributed by atoms with Crippen LogP contribution in [0.25, 0.3) is 5.69 Å². The number of rotatable bonds is 4. The first kappa shape index (κ1) is 20.6. The van der Waals surface area contributed by atoms with E-state index < -0.39 is 0 Å². The zero-order valence-corrected chi connectivity index (χ0v) is 18.6. The molecule has 5 nitrogen and oxygen atoms in total. The first-order chi connectivity index (χ1) is 15.9.